The van der Waals surface area contributed by atoms with Crippen LogP contribution < -0.4 is 5.73 Å². The molecule has 1 aromatic rings. The molecule has 1 saturated carbocycles. The van der Waals surface area contributed by atoms with Crippen LogP contribution in [0, 0.1) is 5.41 Å². The number of nitrogens with one attached hydrogen (secondary N) is 1. The minimum absolute atomic E-state index is 0.520. The smallest absolute Gasteiger partial charge is 0.183 e. The lowest BCUT2D eigenvalue weighted by Gasteiger charge is -2.11. The average molecular weight is 198 g/mol. The van der Waals surface area contributed by atoms with Crippen LogP contribution in [0.5, 0.6) is 0 Å². The van der Waals surface area contributed by atoms with E-state index >= 15 is 0 Å². The highest BCUT2D eigenvalue weighted by Gasteiger charge is 2.41. The Morgan fingerprint density at radius 2 is 2.46 bits per heavy atom. The van der Waals surface area contributed by atoms with Crippen molar-refractivity contribution in [2.75, 3.05) is 12.3 Å². The van der Waals surface area contributed by atoms with E-state index in [9.17, 15) is 0 Å². The highest BCUT2D eigenvalue weighted by atomic mass is 32.2. The van der Waals surface area contributed by atoms with Gasteiger partial charge in [0.25, 0.3) is 0 Å². The van der Waals surface area contributed by atoms with Gasteiger partial charge < -0.3 is 5.73 Å². The molecule has 1 aliphatic carbocycles. The number of nitrogens with zero attached hydrogens (tertiary/aromatic N) is 2. The molecule has 3 N–H and O–H groups in total. The summed E-state index contributed by atoms with van der Waals surface area (Å²) in [5, 5.41) is 7.58. The van der Waals surface area contributed by atoms with E-state index in [4.69, 9.17) is 5.73 Å². The van der Waals surface area contributed by atoms with Gasteiger partial charge in [0.15, 0.2) is 5.16 Å². The molecule has 72 valence electrons. The highest BCUT2D eigenvalue weighted by Crippen LogP contribution is 2.51. The third-order valence-electron chi connectivity index (χ3n) is 2.54. The van der Waals surface area contributed by atoms with E-state index < -0.39 is 0 Å². The molecule has 0 radical (unpaired) electrons. The second kappa shape index (κ2) is 3.67. The minimum atomic E-state index is 0.520. The van der Waals surface area contributed by atoms with E-state index in [2.05, 4.69) is 15.2 Å². The fourth-order valence-electron chi connectivity index (χ4n) is 1.43. The maximum Gasteiger partial charge on any atom is 0.183 e. The molecule has 1 fully saturated rings. The number of aromatic nitrogens is 3. The van der Waals surface area contributed by atoms with E-state index in [1.165, 1.54) is 12.8 Å². The standard InChI is InChI=1S/C8H14N4S/c9-4-3-8(1-2-8)5-13-7-10-6-11-12-7/h6H,1-5,9H2,(H,10,11,12). The second-order valence-electron chi connectivity index (χ2n) is 3.62. The van der Waals surface area contributed by atoms with Crippen molar-refractivity contribution < 1.29 is 0 Å². The first-order valence-electron chi connectivity index (χ1n) is 4.53. The number of thioether (sulfide) groups is 1. The van der Waals surface area contributed by atoms with Crippen molar-refractivity contribution in [3.63, 3.8) is 0 Å². The summed E-state index contributed by atoms with van der Waals surface area (Å²) >= 11 is 1.75. The lowest BCUT2D eigenvalue weighted by atomic mass is 10.1. The summed E-state index contributed by atoms with van der Waals surface area (Å²) in [5.41, 5.74) is 6.08. The zero-order valence-electron chi connectivity index (χ0n) is 7.49. The molecule has 0 spiro atoms. The van der Waals surface area contributed by atoms with Gasteiger partial charge in [0, 0.05) is 5.75 Å². The SMILES string of the molecule is NCCC1(CSc2ncn[nH]2)CC1. The van der Waals surface area contributed by atoms with Crippen molar-refractivity contribution in [3.8, 4) is 0 Å². The first-order valence-corrected chi connectivity index (χ1v) is 5.51. The maximum atomic E-state index is 5.56. The Labute approximate surface area is 81.7 Å². The summed E-state index contributed by atoms with van der Waals surface area (Å²) < 4.78 is 0. The van der Waals surface area contributed by atoms with Crippen LogP contribution in [0.1, 0.15) is 19.3 Å². The Morgan fingerprint density at radius 1 is 1.62 bits per heavy atom. The lowest BCUT2D eigenvalue weighted by Crippen LogP contribution is -2.11. The van der Waals surface area contributed by atoms with Crippen molar-refractivity contribution >= 4 is 11.8 Å². The number of hydrogen-bond donors (Lipinski definition) is 2. The van der Waals surface area contributed by atoms with Crippen molar-refractivity contribution in [1.82, 2.24) is 15.2 Å². The van der Waals surface area contributed by atoms with Crippen LogP contribution in [0.25, 0.3) is 0 Å². The number of hydrogen-bond acceptors (Lipinski definition) is 4. The van der Waals surface area contributed by atoms with E-state index in [1.807, 2.05) is 0 Å². The number of nitrogens with two attached hydrogens (primary N) is 1. The van der Waals surface area contributed by atoms with Gasteiger partial charge >= 0.3 is 0 Å². The van der Waals surface area contributed by atoms with Crippen LogP contribution in [0.2, 0.25) is 0 Å². The first kappa shape index (κ1) is 9.02. The summed E-state index contributed by atoms with van der Waals surface area (Å²) in [5.74, 6) is 1.12. The molecule has 5 heteroatoms. The third-order valence-corrected chi connectivity index (χ3v) is 3.77. The molecule has 1 aliphatic rings. The molecule has 0 atom stereocenters. The number of H-pyrrole nitrogens is 1. The summed E-state index contributed by atoms with van der Waals surface area (Å²) in [4.78, 5) is 4.07. The van der Waals surface area contributed by atoms with E-state index in [0.29, 0.717) is 5.41 Å². The Kier molecular flexibility index (Phi) is 2.55. The Bertz CT molecular complexity index is 255. The van der Waals surface area contributed by atoms with Crippen LogP contribution >= 0.6 is 11.8 Å². The second-order valence-corrected chi connectivity index (χ2v) is 4.58. The van der Waals surface area contributed by atoms with Crippen LogP contribution in [-0.4, -0.2) is 27.5 Å². The van der Waals surface area contributed by atoms with Gasteiger partial charge in [-0.1, -0.05) is 11.8 Å². The Balaban J connectivity index is 1.79. The monoisotopic (exact) mass is 198 g/mol. The fraction of sp³-hybridized carbons (Fsp3) is 0.750. The summed E-state index contributed by atoms with van der Waals surface area (Å²) in [7, 11) is 0. The summed E-state index contributed by atoms with van der Waals surface area (Å²) in [6, 6.07) is 0. The maximum absolute atomic E-state index is 5.56. The molecule has 0 bridgehead atoms. The minimum Gasteiger partial charge on any atom is -0.330 e. The van der Waals surface area contributed by atoms with Crippen molar-refractivity contribution in [2.24, 2.45) is 11.1 Å². The molecule has 0 aromatic carbocycles. The topological polar surface area (TPSA) is 67.6 Å². The summed E-state index contributed by atoms with van der Waals surface area (Å²) in [6.07, 6.45) is 5.34. The fourth-order valence-corrected chi connectivity index (χ4v) is 2.55. The van der Waals surface area contributed by atoms with Gasteiger partial charge in [0.2, 0.25) is 0 Å². The van der Waals surface area contributed by atoms with Crippen LogP contribution in [0.3, 0.4) is 0 Å². The van der Waals surface area contributed by atoms with E-state index in [1.54, 1.807) is 18.1 Å². The quantitative estimate of drug-likeness (QED) is 0.693. The molecule has 4 nitrogen and oxygen atoms in total. The van der Waals surface area contributed by atoms with Crippen molar-refractivity contribution in [3.05, 3.63) is 6.33 Å². The molecule has 0 unspecified atom stereocenters. The zero-order valence-corrected chi connectivity index (χ0v) is 8.31. The highest BCUT2D eigenvalue weighted by molar-refractivity contribution is 7.99. The predicted molar refractivity (Wildman–Crippen MR) is 52.4 cm³/mol. The number of rotatable bonds is 5. The van der Waals surface area contributed by atoms with Gasteiger partial charge in [-0.05, 0) is 31.2 Å². The van der Waals surface area contributed by atoms with Gasteiger partial charge in [-0.3, -0.25) is 5.10 Å². The molecule has 0 saturated heterocycles. The van der Waals surface area contributed by atoms with Gasteiger partial charge in [-0.15, -0.1) is 0 Å². The van der Waals surface area contributed by atoms with Crippen LogP contribution in [0.15, 0.2) is 11.5 Å². The van der Waals surface area contributed by atoms with Crippen LogP contribution in [0.4, 0.5) is 0 Å². The number of aromatic amines is 1. The van der Waals surface area contributed by atoms with Gasteiger partial charge in [-0.25, -0.2) is 4.98 Å². The lowest BCUT2D eigenvalue weighted by molar-refractivity contribution is 0.537. The molecule has 0 amide bonds. The molecule has 0 aliphatic heterocycles. The molecular formula is C8H14N4S. The average Bonchev–Trinajstić information content (AvgIpc) is 2.71. The molecular weight excluding hydrogens is 184 g/mol. The molecule has 1 aromatic heterocycles. The van der Waals surface area contributed by atoms with E-state index in [-0.39, 0.29) is 0 Å². The van der Waals surface area contributed by atoms with Gasteiger partial charge in [-0.2, -0.15) is 5.10 Å². The largest absolute Gasteiger partial charge is 0.330 e. The Hall–Kier alpha value is -0.550. The summed E-state index contributed by atoms with van der Waals surface area (Å²) in [6.45, 7) is 0.803. The van der Waals surface area contributed by atoms with Crippen molar-refractivity contribution in [2.45, 2.75) is 24.4 Å². The Morgan fingerprint density at radius 3 is 3.00 bits per heavy atom. The third kappa shape index (κ3) is 2.22. The van der Waals surface area contributed by atoms with E-state index in [0.717, 1.165) is 23.9 Å². The first-order chi connectivity index (χ1) is 6.35. The van der Waals surface area contributed by atoms with Crippen molar-refractivity contribution in [1.29, 1.82) is 0 Å². The molecule has 2 rings (SSSR count). The van der Waals surface area contributed by atoms with Gasteiger partial charge in [0.1, 0.15) is 6.33 Å². The zero-order chi connectivity index (χ0) is 9.15. The predicted octanol–water partition coefficient (Wildman–Crippen LogP) is 1.03. The molecule has 1 heterocycles. The normalized spacial score (nSPS) is 18.8. The molecule has 13 heavy (non-hydrogen) atoms. The van der Waals surface area contributed by atoms with Gasteiger partial charge in [0.05, 0.1) is 0 Å². The van der Waals surface area contributed by atoms with Crippen LogP contribution in [-0.2, 0) is 0 Å².